The smallest absolute Gasteiger partial charge is 0.410 e. The Hall–Kier alpha value is -4.02. The van der Waals surface area contributed by atoms with E-state index in [1.165, 1.54) is 12.1 Å². The van der Waals surface area contributed by atoms with Gasteiger partial charge < -0.3 is 20.4 Å². The lowest BCUT2D eigenvalue weighted by molar-refractivity contribution is 0.0185. The van der Waals surface area contributed by atoms with E-state index in [1.54, 1.807) is 23.4 Å². The number of amides is 1. The zero-order chi connectivity index (χ0) is 24.7. The van der Waals surface area contributed by atoms with E-state index in [0.717, 1.165) is 18.4 Å². The van der Waals surface area contributed by atoms with Crippen LogP contribution < -0.4 is 5.73 Å². The molecule has 1 amide bonds. The number of carbonyl (C=O) groups excluding carboxylic acids is 1. The zero-order valence-corrected chi connectivity index (χ0v) is 19.8. The van der Waals surface area contributed by atoms with Crippen LogP contribution in [0.15, 0.2) is 36.8 Å². The number of nitrogen functional groups attached to an aromatic ring is 1. The number of benzene rings is 1. The fourth-order valence-corrected chi connectivity index (χ4v) is 4.12. The number of nitrogens with zero attached hydrogens (tertiary/aromatic N) is 6. The molecule has 0 atom stereocenters. The fraction of sp³-hybridized carbons (Fsp3) is 0.375. The first kappa shape index (κ1) is 22.8. The SMILES string of the molecule is CC(C)(C)OC(=O)N1CCC(n2cc(-c3cnc(N)c(-c4nc5ccc(F)cc5[nH]4)n3)cn2)CC1. The van der Waals surface area contributed by atoms with Crippen LogP contribution in [0.25, 0.3) is 33.8 Å². The van der Waals surface area contributed by atoms with Crippen LogP contribution in [0.5, 0.6) is 0 Å². The molecule has 0 saturated carbocycles. The molecule has 1 aliphatic heterocycles. The number of hydrogen-bond acceptors (Lipinski definition) is 7. The minimum Gasteiger partial charge on any atom is -0.444 e. The van der Waals surface area contributed by atoms with Crippen LogP contribution in [0.3, 0.4) is 0 Å². The number of piperidine rings is 1. The molecule has 35 heavy (non-hydrogen) atoms. The Morgan fingerprint density at radius 1 is 1.20 bits per heavy atom. The molecule has 0 bridgehead atoms. The normalized spacial score (nSPS) is 15.0. The lowest BCUT2D eigenvalue weighted by Crippen LogP contribution is -2.42. The van der Waals surface area contributed by atoms with E-state index in [9.17, 15) is 9.18 Å². The number of aromatic nitrogens is 6. The maximum absolute atomic E-state index is 13.6. The van der Waals surface area contributed by atoms with Crippen molar-refractivity contribution in [3.05, 3.63) is 42.6 Å². The number of fused-ring (bicyclic) bond motifs is 1. The van der Waals surface area contributed by atoms with Crippen LogP contribution in [-0.4, -0.2) is 59.4 Å². The highest BCUT2D eigenvalue weighted by Gasteiger charge is 2.28. The third-order valence-corrected chi connectivity index (χ3v) is 5.86. The van der Waals surface area contributed by atoms with Crippen LogP contribution in [0.4, 0.5) is 15.0 Å². The molecule has 0 radical (unpaired) electrons. The van der Waals surface area contributed by atoms with Crippen molar-refractivity contribution in [1.29, 1.82) is 0 Å². The van der Waals surface area contributed by atoms with Crippen LogP contribution in [0.1, 0.15) is 39.7 Å². The van der Waals surface area contributed by atoms with E-state index >= 15 is 0 Å². The Morgan fingerprint density at radius 2 is 1.97 bits per heavy atom. The summed E-state index contributed by atoms with van der Waals surface area (Å²) in [7, 11) is 0. The minimum atomic E-state index is -0.512. The molecular weight excluding hydrogens is 451 g/mol. The summed E-state index contributed by atoms with van der Waals surface area (Å²) < 4.78 is 20.9. The second-order valence-electron chi connectivity index (χ2n) is 9.64. The molecule has 0 aliphatic carbocycles. The molecule has 182 valence electrons. The highest BCUT2D eigenvalue weighted by molar-refractivity contribution is 5.81. The van der Waals surface area contributed by atoms with E-state index < -0.39 is 5.60 Å². The molecule has 4 aromatic rings. The summed E-state index contributed by atoms with van der Waals surface area (Å²) in [5.41, 5.74) is 8.50. The van der Waals surface area contributed by atoms with E-state index in [2.05, 4.69) is 25.0 Å². The topological polar surface area (TPSA) is 128 Å². The monoisotopic (exact) mass is 478 g/mol. The molecule has 3 N–H and O–H groups in total. The number of hydrogen-bond donors (Lipinski definition) is 2. The van der Waals surface area contributed by atoms with Crippen molar-refractivity contribution < 1.29 is 13.9 Å². The Kier molecular flexibility index (Phi) is 5.62. The van der Waals surface area contributed by atoms with Crippen molar-refractivity contribution in [3.8, 4) is 22.8 Å². The molecule has 1 aromatic carbocycles. The molecule has 10 nitrogen and oxygen atoms in total. The number of likely N-dealkylation sites (tertiary alicyclic amines) is 1. The standard InChI is InChI=1S/C24H27FN8O2/c1-24(2,3)35-23(34)32-8-6-16(7-9-32)33-13-14(11-28-33)19-12-27-21(26)20(29-19)22-30-17-5-4-15(25)10-18(17)31-22/h4-5,10-13,16H,6-9H2,1-3H3,(H2,26,27)(H,30,31). The molecule has 4 heterocycles. The molecule has 0 unspecified atom stereocenters. The molecule has 11 heteroatoms. The number of imidazole rings is 1. The van der Waals surface area contributed by atoms with Gasteiger partial charge in [-0.25, -0.2) is 24.1 Å². The molecule has 5 rings (SSSR count). The van der Waals surface area contributed by atoms with Crippen molar-refractivity contribution in [2.45, 2.75) is 45.3 Å². The average Bonchev–Trinajstić information content (AvgIpc) is 3.45. The third kappa shape index (κ3) is 4.79. The first-order valence-electron chi connectivity index (χ1n) is 11.5. The lowest BCUT2D eigenvalue weighted by Gasteiger charge is -2.33. The second-order valence-corrected chi connectivity index (χ2v) is 9.64. The zero-order valence-electron chi connectivity index (χ0n) is 19.8. The number of nitrogens with one attached hydrogen (secondary N) is 1. The summed E-state index contributed by atoms with van der Waals surface area (Å²) in [6.07, 6.45) is 6.51. The maximum Gasteiger partial charge on any atom is 0.410 e. The van der Waals surface area contributed by atoms with E-state index in [1.807, 2.05) is 31.6 Å². The summed E-state index contributed by atoms with van der Waals surface area (Å²) >= 11 is 0. The van der Waals surface area contributed by atoms with Crippen molar-refractivity contribution in [3.63, 3.8) is 0 Å². The van der Waals surface area contributed by atoms with Gasteiger partial charge in [0.05, 0.1) is 35.2 Å². The van der Waals surface area contributed by atoms with Gasteiger partial charge in [0.15, 0.2) is 11.6 Å². The van der Waals surface area contributed by atoms with E-state index in [-0.39, 0.29) is 23.8 Å². The quantitative estimate of drug-likeness (QED) is 0.452. The third-order valence-electron chi connectivity index (χ3n) is 5.86. The molecule has 1 saturated heterocycles. The van der Waals surface area contributed by atoms with Crippen molar-refractivity contribution in [2.75, 3.05) is 18.8 Å². The predicted molar refractivity (Wildman–Crippen MR) is 129 cm³/mol. The fourth-order valence-electron chi connectivity index (χ4n) is 4.12. The van der Waals surface area contributed by atoms with Gasteiger partial charge in [-0.05, 0) is 51.8 Å². The number of rotatable bonds is 3. The van der Waals surface area contributed by atoms with Gasteiger partial charge in [-0.3, -0.25) is 4.68 Å². The first-order valence-corrected chi connectivity index (χ1v) is 11.5. The van der Waals surface area contributed by atoms with Gasteiger partial charge in [0.2, 0.25) is 0 Å². The lowest BCUT2D eigenvalue weighted by atomic mass is 10.1. The van der Waals surface area contributed by atoms with Crippen LogP contribution >= 0.6 is 0 Å². The average molecular weight is 479 g/mol. The summed E-state index contributed by atoms with van der Waals surface area (Å²) in [5.74, 6) is 0.277. The highest BCUT2D eigenvalue weighted by Crippen LogP contribution is 2.28. The van der Waals surface area contributed by atoms with Crippen molar-refractivity contribution in [2.24, 2.45) is 0 Å². The molecule has 0 spiro atoms. The Labute approximate surface area is 201 Å². The van der Waals surface area contributed by atoms with Gasteiger partial charge in [-0.15, -0.1) is 0 Å². The minimum absolute atomic E-state index is 0.161. The Bertz CT molecular complexity index is 1380. The first-order chi connectivity index (χ1) is 16.7. The van der Waals surface area contributed by atoms with Crippen molar-refractivity contribution >= 4 is 22.9 Å². The van der Waals surface area contributed by atoms with E-state index in [0.29, 0.717) is 41.3 Å². The highest BCUT2D eigenvalue weighted by atomic mass is 19.1. The van der Waals surface area contributed by atoms with Crippen LogP contribution in [0, 0.1) is 5.82 Å². The summed E-state index contributed by atoms with van der Waals surface area (Å²) in [6, 6.07) is 4.48. The van der Waals surface area contributed by atoms with Gasteiger partial charge in [0.25, 0.3) is 0 Å². The number of halogens is 1. The number of carbonyl (C=O) groups is 1. The Morgan fingerprint density at radius 3 is 2.71 bits per heavy atom. The molecule has 3 aromatic heterocycles. The van der Waals surface area contributed by atoms with Crippen LogP contribution in [-0.2, 0) is 4.74 Å². The molecule has 1 fully saturated rings. The Balaban J connectivity index is 1.32. The number of H-pyrrole nitrogens is 1. The molecule has 1 aliphatic rings. The summed E-state index contributed by atoms with van der Waals surface area (Å²) in [5, 5.41) is 4.53. The van der Waals surface area contributed by atoms with Gasteiger partial charge in [-0.1, -0.05) is 0 Å². The number of ether oxygens (including phenoxy) is 1. The largest absolute Gasteiger partial charge is 0.444 e. The number of nitrogens with two attached hydrogens (primary N) is 1. The van der Waals surface area contributed by atoms with E-state index in [4.69, 9.17) is 10.5 Å². The van der Waals surface area contributed by atoms with Gasteiger partial charge in [-0.2, -0.15) is 5.10 Å². The van der Waals surface area contributed by atoms with Gasteiger partial charge in [0, 0.05) is 24.8 Å². The van der Waals surface area contributed by atoms with Gasteiger partial charge >= 0.3 is 6.09 Å². The summed E-state index contributed by atoms with van der Waals surface area (Å²) in [6.45, 7) is 6.80. The predicted octanol–water partition coefficient (Wildman–Crippen LogP) is 4.18. The summed E-state index contributed by atoms with van der Waals surface area (Å²) in [4.78, 5) is 30.5. The second kappa shape index (κ2) is 8.64. The van der Waals surface area contributed by atoms with Crippen molar-refractivity contribution in [1.82, 2.24) is 34.6 Å². The number of aromatic amines is 1. The van der Waals surface area contributed by atoms with Gasteiger partial charge in [0.1, 0.15) is 17.1 Å². The maximum atomic E-state index is 13.6. The number of anilines is 1. The molecular formula is C24H27FN8O2. The van der Waals surface area contributed by atoms with Crippen LogP contribution in [0.2, 0.25) is 0 Å².